The van der Waals surface area contributed by atoms with Crippen LogP contribution in [-0.2, 0) is 5.41 Å². The van der Waals surface area contributed by atoms with E-state index in [1.165, 1.54) is 55.9 Å². The van der Waals surface area contributed by atoms with E-state index in [4.69, 9.17) is 9.97 Å². The summed E-state index contributed by atoms with van der Waals surface area (Å²) in [4.78, 5) is 12.6. The van der Waals surface area contributed by atoms with Crippen LogP contribution in [0.4, 0.5) is 17.1 Å². The van der Waals surface area contributed by atoms with Gasteiger partial charge in [-0.05, 0) is 98.1 Å². The zero-order chi connectivity index (χ0) is 39.6. The maximum absolute atomic E-state index is 5.14. The second-order valence-electron chi connectivity index (χ2n) is 15.7. The maximum atomic E-state index is 5.14. The molecule has 2 heterocycles. The molecule has 0 atom stereocenters. The first-order valence-corrected chi connectivity index (χ1v) is 20.6. The number of anilines is 3. The predicted octanol–water partition coefficient (Wildman–Crippen LogP) is 14.4. The fourth-order valence-electron chi connectivity index (χ4n) is 9.86. The minimum atomic E-state index is -0.464. The highest BCUT2D eigenvalue weighted by atomic mass is 15.2. The molecule has 0 fully saturated rings. The summed E-state index contributed by atoms with van der Waals surface area (Å²) in [5, 5.41) is 1.05. The number of hydrogen-bond acceptors (Lipinski definition) is 3. The highest BCUT2D eigenvalue weighted by molar-refractivity contribution is 5.97. The van der Waals surface area contributed by atoms with Gasteiger partial charge in [0.25, 0.3) is 0 Å². The van der Waals surface area contributed by atoms with Gasteiger partial charge in [0, 0.05) is 22.2 Å². The Morgan fingerprint density at radius 1 is 0.333 bits per heavy atom. The molecule has 1 aromatic heterocycles. The van der Waals surface area contributed by atoms with Crippen LogP contribution in [0.25, 0.3) is 66.9 Å². The largest absolute Gasteiger partial charge is 0.310 e. The highest BCUT2D eigenvalue weighted by Gasteiger charge is 2.51. The van der Waals surface area contributed by atoms with Gasteiger partial charge in [-0.3, -0.25) is 0 Å². The van der Waals surface area contributed by atoms with Crippen molar-refractivity contribution >= 4 is 28.0 Å². The lowest BCUT2D eigenvalue weighted by Crippen LogP contribution is -2.36. The molecule has 1 spiro atoms. The smallest absolute Gasteiger partial charge is 0.160 e. The number of benzene rings is 9. The molecule has 1 aliphatic carbocycles. The molecule has 10 aromatic rings. The zero-order valence-electron chi connectivity index (χ0n) is 32.7. The first-order chi connectivity index (χ1) is 29.8. The molecule has 0 unspecified atom stereocenters. The Hall–Kier alpha value is -7.88. The van der Waals surface area contributed by atoms with Gasteiger partial charge in [0.1, 0.15) is 0 Å². The van der Waals surface area contributed by atoms with Crippen LogP contribution in [0.1, 0.15) is 22.3 Å². The Morgan fingerprint density at radius 3 is 1.60 bits per heavy atom. The quantitative estimate of drug-likeness (QED) is 0.175. The molecule has 3 heteroatoms. The van der Waals surface area contributed by atoms with E-state index in [2.05, 4.69) is 217 Å². The van der Waals surface area contributed by atoms with E-state index in [0.29, 0.717) is 0 Å². The molecule has 60 heavy (non-hydrogen) atoms. The molecule has 0 bridgehead atoms. The summed E-state index contributed by atoms with van der Waals surface area (Å²) >= 11 is 0. The van der Waals surface area contributed by atoms with Crippen LogP contribution < -0.4 is 4.90 Å². The summed E-state index contributed by atoms with van der Waals surface area (Å²) in [6.45, 7) is 0. The van der Waals surface area contributed by atoms with Crippen molar-refractivity contribution in [2.45, 2.75) is 5.41 Å². The van der Waals surface area contributed by atoms with E-state index in [0.717, 1.165) is 50.4 Å². The van der Waals surface area contributed by atoms with E-state index in [9.17, 15) is 0 Å². The topological polar surface area (TPSA) is 29.0 Å². The fourth-order valence-corrected chi connectivity index (χ4v) is 9.86. The molecule has 9 aromatic carbocycles. The lowest BCUT2D eigenvalue weighted by atomic mass is 9.64. The van der Waals surface area contributed by atoms with Crippen LogP contribution in [-0.4, -0.2) is 9.97 Å². The van der Waals surface area contributed by atoms with Gasteiger partial charge < -0.3 is 4.90 Å². The fraction of sp³-hybridized carbons (Fsp3) is 0.0175. The summed E-state index contributed by atoms with van der Waals surface area (Å²) in [6, 6.07) is 81.1. The number of fused-ring (bicyclic) bond motifs is 10. The molecule has 2 aliphatic rings. The number of rotatable bonds is 5. The summed E-state index contributed by atoms with van der Waals surface area (Å²) in [6.07, 6.45) is 0. The van der Waals surface area contributed by atoms with Crippen molar-refractivity contribution in [1.29, 1.82) is 0 Å². The van der Waals surface area contributed by atoms with Crippen molar-refractivity contribution < 1.29 is 0 Å². The second-order valence-corrected chi connectivity index (χ2v) is 15.7. The standard InChI is InChI=1S/C57H37N3/c1-3-16-40(17-4-1)55-46-23-8-12-27-52(46)58-56(59-55)43-19-15-18-41(36-43)38-30-32-39(33-31-38)42-34-35-49-47(37-42)45-22-7-9-24-48(45)57(49)50-25-10-13-28-53(50)60(44-20-5-2-6-21-44)54-29-14-11-26-51(54)57/h1-37H. The van der Waals surface area contributed by atoms with Crippen LogP contribution in [0.5, 0.6) is 0 Å². The molecular formula is C57H37N3. The number of para-hydroxylation sites is 4. The summed E-state index contributed by atoms with van der Waals surface area (Å²) in [5.74, 6) is 0.721. The number of hydrogen-bond donors (Lipinski definition) is 0. The highest BCUT2D eigenvalue weighted by Crippen LogP contribution is 2.63. The SMILES string of the molecule is c1ccc(-c2nc(-c3cccc(-c4ccc(-c5ccc6c(c5)-c5ccccc5C65c6ccccc6N(c6ccccc6)c6ccccc65)cc4)c3)nc3ccccc23)cc1. The van der Waals surface area contributed by atoms with Crippen molar-refractivity contribution in [1.82, 2.24) is 9.97 Å². The zero-order valence-corrected chi connectivity index (χ0v) is 32.7. The van der Waals surface area contributed by atoms with Crippen molar-refractivity contribution in [3.05, 3.63) is 247 Å². The minimum absolute atomic E-state index is 0.464. The molecule has 1 aliphatic heterocycles. The number of aromatic nitrogens is 2. The third kappa shape index (κ3) is 5.16. The molecule has 3 nitrogen and oxygen atoms in total. The lowest BCUT2D eigenvalue weighted by Gasteiger charge is -2.45. The second kappa shape index (κ2) is 13.6. The van der Waals surface area contributed by atoms with Gasteiger partial charge in [-0.15, -0.1) is 0 Å². The first kappa shape index (κ1) is 34.2. The normalized spacial score (nSPS) is 13.1. The Kier molecular flexibility index (Phi) is 7.76. The van der Waals surface area contributed by atoms with E-state index < -0.39 is 5.41 Å². The first-order valence-electron chi connectivity index (χ1n) is 20.6. The van der Waals surface area contributed by atoms with Crippen molar-refractivity contribution in [2.75, 3.05) is 4.90 Å². The molecule has 0 amide bonds. The van der Waals surface area contributed by atoms with E-state index in [-0.39, 0.29) is 0 Å². The Morgan fingerprint density at radius 2 is 0.867 bits per heavy atom. The summed E-state index contributed by atoms with van der Waals surface area (Å²) in [7, 11) is 0. The summed E-state index contributed by atoms with van der Waals surface area (Å²) in [5.41, 5.74) is 19.5. The molecule has 12 rings (SSSR count). The van der Waals surface area contributed by atoms with Crippen LogP contribution >= 0.6 is 0 Å². The third-order valence-corrected chi connectivity index (χ3v) is 12.5. The van der Waals surface area contributed by atoms with Crippen molar-refractivity contribution in [2.24, 2.45) is 0 Å². The van der Waals surface area contributed by atoms with Crippen LogP contribution in [0.15, 0.2) is 224 Å². The molecule has 0 N–H and O–H groups in total. The van der Waals surface area contributed by atoms with Crippen LogP contribution in [0, 0.1) is 0 Å². The molecule has 280 valence electrons. The van der Waals surface area contributed by atoms with Crippen molar-refractivity contribution in [3.63, 3.8) is 0 Å². The summed E-state index contributed by atoms with van der Waals surface area (Å²) < 4.78 is 0. The van der Waals surface area contributed by atoms with Gasteiger partial charge in [-0.25, -0.2) is 9.97 Å². The van der Waals surface area contributed by atoms with E-state index in [1.54, 1.807) is 0 Å². The van der Waals surface area contributed by atoms with Gasteiger partial charge >= 0.3 is 0 Å². The molecular weight excluding hydrogens is 727 g/mol. The van der Waals surface area contributed by atoms with E-state index in [1.807, 2.05) is 12.1 Å². The Bertz CT molecular complexity index is 3210. The molecule has 0 radical (unpaired) electrons. The molecule has 0 saturated carbocycles. The number of nitrogens with zero attached hydrogens (tertiary/aromatic N) is 3. The third-order valence-electron chi connectivity index (χ3n) is 12.5. The lowest BCUT2D eigenvalue weighted by molar-refractivity contribution is 0.753. The van der Waals surface area contributed by atoms with E-state index >= 15 is 0 Å². The molecule has 0 saturated heterocycles. The van der Waals surface area contributed by atoms with Crippen LogP contribution in [0.3, 0.4) is 0 Å². The van der Waals surface area contributed by atoms with Gasteiger partial charge in [0.05, 0.1) is 28.0 Å². The average Bonchev–Trinajstić information content (AvgIpc) is 3.62. The monoisotopic (exact) mass is 763 g/mol. The average molecular weight is 764 g/mol. The van der Waals surface area contributed by atoms with Gasteiger partial charge in [0.15, 0.2) is 5.82 Å². The van der Waals surface area contributed by atoms with Gasteiger partial charge in [-0.1, -0.05) is 182 Å². The minimum Gasteiger partial charge on any atom is -0.310 e. The Labute approximate surface area is 349 Å². The predicted molar refractivity (Wildman–Crippen MR) is 247 cm³/mol. The van der Waals surface area contributed by atoms with Crippen LogP contribution in [0.2, 0.25) is 0 Å². The Balaban J connectivity index is 0.938. The van der Waals surface area contributed by atoms with Gasteiger partial charge in [-0.2, -0.15) is 0 Å². The van der Waals surface area contributed by atoms with Crippen molar-refractivity contribution in [3.8, 4) is 56.0 Å². The van der Waals surface area contributed by atoms with Gasteiger partial charge in [0.2, 0.25) is 0 Å². The maximum Gasteiger partial charge on any atom is 0.160 e.